The van der Waals surface area contributed by atoms with Gasteiger partial charge in [0.1, 0.15) is 10.2 Å². The molecule has 2 heterocycles. The molecular formula is C12H12BrClIN3S. The molecule has 0 saturated heterocycles. The molecule has 0 fully saturated rings. The number of hydrogen-bond acceptors (Lipinski definition) is 4. The summed E-state index contributed by atoms with van der Waals surface area (Å²) in [7, 11) is 0. The van der Waals surface area contributed by atoms with Crippen LogP contribution in [0.25, 0.3) is 10.7 Å². The Labute approximate surface area is 143 Å². The van der Waals surface area contributed by atoms with E-state index in [1.807, 2.05) is 6.07 Å². The van der Waals surface area contributed by atoms with Gasteiger partial charge in [-0.3, -0.25) is 0 Å². The lowest BCUT2D eigenvalue weighted by Crippen LogP contribution is -2.07. The van der Waals surface area contributed by atoms with E-state index < -0.39 is 0 Å². The Balaban J connectivity index is 2.54. The first-order valence-electron chi connectivity index (χ1n) is 5.82. The maximum Gasteiger partial charge on any atom is 0.172 e. The van der Waals surface area contributed by atoms with Crippen molar-refractivity contribution in [2.45, 2.75) is 20.3 Å². The number of aryl methyl sites for hydroxylation is 1. The molecule has 0 bridgehead atoms. The van der Waals surface area contributed by atoms with Crippen LogP contribution in [-0.2, 0) is 6.42 Å². The predicted molar refractivity (Wildman–Crippen MR) is 94.3 cm³/mol. The van der Waals surface area contributed by atoms with E-state index in [1.165, 1.54) is 11.3 Å². The van der Waals surface area contributed by atoms with Crippen molar-refractivity contribution in [2.75, 3.05) is 11.9 Å². The van der Waals surface area contributed by atoms with Crippen LogP contribution in [0, 0.1) is 3.57 Å². The van der Waals surface area contributed by atoms with Crippen LogP contribution >= 0.6 is 61.5 Å². The molecule has 0 radical (unpaired) electrons. The summed E-state index contributed by atoms with van der Waals surface area (Å²) in [5.41, 5.74) is 1.06. The summed E-state index contributed by atoms with van der Waals surface area (Å²) in [5.74, 6) is 1.62. The van der Waals surface area contributed by atoms with Crippen LogP contribution in [0.3, 0.4) is 0 Å². The Kier molecular flexibility index (Phi) is 5.45. The van der Waals surface area contributed by atoms with Gasteiger partial charge >= 0.3 is 0 Å². The molecule has 0 unspecified atom stereocenters. The summed E-state index contributed by atoms with van der Waals surface area (Å²) in [6.07, 6.45) is 0.881. The summed E-state index contributed by atoms with van der Waals surface area (Å²) >= 11 is 13.3. The molecule has 0 aromatic carbocycles. The first-order chi connectivity index (χ1) is 9.06. The minimum absolute atomic E-state index is 0.722. The Hall–Kier alpha value is 0.0800. The van der Waals surface area contributed by atoms with Gasteiger partial charge in [-0.2, -0.15) is 0 Å². The zero-order valence-electron chi connectivity index (χ0n) is 10.4. The van der Waals surface area contributed by atoms with Crippen molar-refractivity contribution in [3.8, 4) is 10.7 Å². The lowest BCUT2D eigenvalue weighted by atomic mass is 10.3. The van der Waals surface area contributed by atoms with Crippen LogP contribution in [0.5, 0.6) is 0 Å². The number of rotatable bonds is 4. The normalized spacial score (nSPS) is 10.8. The van der Waals surface area contributed by atoms with E-state index in [2.05, 4.69) is 67.7 Å². The SMILES string of the molecule is CCNc1nc(-c2cc(Br)c(Cl)s2)nc(CC)c1I. The van der Waals surface area contributed by atoms with Gasteiger partial charge in [0.2, 0.25) is 0 Å². The fourth-order valence-corrected chi connectivity index (χ4v) is 4.03. The molecule has 0 spiro atoms. The van der Waals surface area contributed by atoms with Crippen LogP contribution in [0.4, 0.5) is 5.82 Å². The number of aromatic nitrogens is 2. The summed E-state index contributed by atoms with van der Waals surface area (Å²) in [6.45, 7) is 4.99. The average molecular weight is 473 g/mol. The third kappa shape index (κ3) is 3.40. The zero-order chi connectivity index (χ0) is 14.0. The van der Waals surface area contributed by atoms with Crippen molar-refractivity contribution in [1.29, 1.82) is 0 Å². The Morgan fingerprint density at radius 2 is 2.16 bits per heavy atom. The monoisotopic (exact) mass is 471 g/mol. The Morgan fingerprint density at radius 3 is 2.68 bits per heavy atom. The van der Waals surface area contributed by atoms with Crippen molar-refractivity contribution in [1.82, 2.24) is 9.97 Å². The smallest absolute Gasteiger partial charge is 0.172 e. The minimum atomic E-state index is 0.722. The lowest BCUT2D eigenvalue weighted by Gasteiger charge is -2.10. The van der Waals surface area contributed by atoms with Crippen LogP contribution < -0.4 is 5.32 Å². The highest BCUT2D eigenvalue weighted by atomic mass is 127. The van der Waals surface area contributed by atoms with E-state index in [-0.39, 0.29) is 0 Å². The van der Waals surface area contributed by atoms with Gasteiger partial charge in [0, 0.05) is 11.0 Å². The van der Waals surface area contributed by atoms with Crippen LogP contribution in [0.15, 0.2) is 10.5 Å². The first kappa shape index (κ1) is 15.5. The van der Waals surface area contributed by atoms with Gasteiger partial charge in [-0.15, -0.1) is 11.3 Å². The van der Waals surface area contributed by atoms with E-state index in [4.69, 9.17) is 11.6 Å². The molecule has 0 atom stereocenters. The highest BCUT2D eigenvalue weighted by Gasteiger charge is 2.14. The third-order valence-corrected chi connectivity index (χ3v) is 6.07. The maximum atomic E-state index is 6.08. The van der Waals surface area contributed by atoms with Crippen molar-refractivity contribution in [3.05, 3.63) is 24.1 Å². The molecular weight excluding hydrogens is 460 g/mol. The zero-order valence-corrected chi connectivity index (χ0v) is 15.7. The number of nitrogens with one attached hydrogen (secondary N) is 1. The minimum Gasteiger partial charge on any atom is -0.369 e. The number of thiophene rings is 1. The molecule has 1 N–H and O–H groups in total. The summed E-state index contributed by atoms with van der Waals surface area (Å²) < 4.78 is 2.70. The van der Waals surface area contributed by atoms with Gasteiger partial charge in [0.15, 0.2) is 5.82 Å². The highest BCUT2D eigenvalue weighted by Crippen LogP contribution is 2.37. The van der Waals surface area contributed by atoms with Gasteiger partial charge in [-0.1, -0.05) is 18.5 Å². The highest BCUT2D eigenvalue weighted by molar-refractivity contribution is 14.1. The predicted octanol–water partition coefficient (Wildman–Crippen LogP) is 5.22. The molecule has 19 heavy (non-hydrogen) atoms. The van der Waals surface area contributed by atoms with Crippen LogP contribution in [0.1, 0.15) is 19.5 Å². The molecule has 0 saturated carbocycles. The van der Waals surface area contributed by atoms with E-state index in [0.29, 0.717) is 0 Å². The number of hydrogen-bond donors (Lipinski definition) is 1. The molecule has 0 aliphatic heterocycles. The Bertz CT molecular complexity index is 583. The summed E-state index contributed by atoms with van der Waals surface area (Å²) in [5, 5.41) is 3.28. The van der Waals surface area contributed by atoms with Crippen LogP contribution in [-0.4, -0.2) is 16.5 Å². The van der Waals surface area contributed by atoms with E-state index in [1.54, 1.807) is 0 Å². The third-order valence-electron chi connectivity index (χ3n) is 2.46. The second kappa shape index (κ2) is 6.69. The van der Waals surface area contributed by atoms with Crippen molar-refractivity contribution >= 4 is 67.3 Å². The topological polar surface area (TPSA) is 37.8 Å². The van der Waals surface area contributed by atoms with Gasteiger partial charge in [-0.05, 0) is 57.9 Å². The number of halogens is 3. The molecule has 0 aliphatic carbocycles. The molecule has 102 valence electrons. The van der Waals surface area contributed by atoms with Crippen molar-refractivity contribution in [3.63, 3.8) is 0 Å². The molecule has 0 aliphatic rings. The first-order valence-corrected chi connectivity index (χ1v) is 8.88. The molecule has 0 amide bonds. The quantitative estimate of drug-likeness (QED) is 0.620. The fourth-order valence-electron chi connectivity index (χ4n) is 1.58. The Morgan fingerprint density at radius 1 is 1.42 bits per heavy atom. The number of anilines is 1. The standard InChI is InChI=1S/C12H12BrClIN3S/c1-3-7-9(15)12(16-4-2)18-11(17-7)8-5-6(13)10(14)19-8/h5H,3-4H2,1-2H3,(H,16,17,18). The van der Waals surface area contributed by atoms with Gasteiger partial charge in [0.05, 0.1) is 14.1 Å². The fraction of sp³-hybridized carbons (Fsp3) is 0.333. The second-order valence-corrected chi connectivity index (χ2v) is 7.36. The van der Waals surface area contributed by atoms with E-state index >= 15 is 0 Å². The molecule has 3 nitrogen and oxygen atoms in total. The van der Waals surface area contributed by atoms with Gasteiger partial charge in [0.25, 0.3) is 0 Å². The van der Waals surface area contributed by atoms with Gasteiger partial charge < -0.3 is 5.32 Å². The summed E-state index contributed by atoms with van der Waals surface area (Å²) in [6, 6.07) is 1.96. The largest absolute Gasteiger partial charge is 0.369 e. The molecule has 7 heteroatoms. The van der Waals surface area contributed by atoms with Crippen LogP contribution in [0.2, 0.25) is 4.34 Å². The van der Waals surface area contributed by atoms with E-state index in [9.17, 15) is 0 Å². The van der Waals surface area contributed by atoms with Crippen molar-refractivity contribution in [2.24, 2.45) is 0 Å². The maximum absolute atomic E-state index is 6.08. The molecule has 2 aromatic heterocycles. The second-order valence-electron chi connectivity index (χ2n) is 3.77. The summed E-state index contributed by atoms with van der Waals surface area (Å²) in [4.78, 5) is 10.2. The van der Waals surface area contributed by atoms with E-state index in [0.717, 1.165) is 47.6 Å². The lowest BCUT2D eigenvalue weighted by molar-refractivity contribution is 0.985. The molecule has 2 rings (SSSR count). The van der Waals surface area contributed by atoms with Gasteiger partial charge in [-0.25, -0.2) is 9.97 Å². The van der Waals surface area contributed by atoms with Crippen molar-refractivity contribution < 1.29 is 0 Å². The molecule has 2 aromatic rings. The number of nitrogens with zero attached hydrogens (tertiary/aromatic N) is 2. The average Bonchev–Trinajstić information content (AvgIpc) is 2.72.